The summed E-state index contributed by atoms with van der Waals surface area (Å²) in [5.74, 6) is 0.276. The molecule has 9 nitrogen and oxygen atoms in total. The van der Waals surface area contributed by atoms with E-state index in [1.165, 1.54) is 24.7 Å². The number of aryl methyl sites for hydroxylation is 1. The number of ether oxygens (including phenoxy) is 1. The van der Waals surface area contributed by atoms with Gasteiger partial charge in [-0.3, -0.25) is 9.89 Å². The van der Waals surface area contributed by atoms with Crippen LogP contribution in [0, 0.1) is 12.7 Å². The molecule has 33 heavy (non-hydrogen) atoms. The fourth-order valence-electron chi connectivity index (χ4n) is 3.94. The number of piperazine rings is 1. The molecular weight excluding hydrogens is 449 g/mol. The molecule has 1 N–H and O–H groups in total. The summed E-state index contributed by atoms with van der Waals surface area (Å²) in [5, 5.41) is 7.75. The highest BCUT2D eigenvalue weighted by molar-refractivity contribution is 6.33. The second-order valence-corrected chi connectivity index (χ2v) is 7.99. The van der Waals surface area contributed by atoms with Crippen molar-refractivity contribution in [1.82, 2.24) is 30.0 Å². The molecule has 1 fully saturated rings. The first kappa shape index (κ1) is 21.1. The number of pyridine rings is 1. The Morgan fingerprint density at radius 3 is 2.79 bits per heavy atom. The van der Waals surface area contributed by atoms with Crippen molar-refractivity contribution in [1.29, 1.82) is 0 Å². The van der Waals surface area contributed by atoms with Crippen LogP contribution in [0.4, 0.5) is 10.2 Å². The number of aromatic amines is 1. The van der Waals surface area contributed by atoms with Gasteiger partial charge in [0.25, 0.3) is 0 Å². The van der Waals surface area contributed by atoms with Crippen LogP contribution in [0.1, 0.15) is 5.69 Å². The number of hydrogen-bond acceptors (Lipinski definition) is 7. The predicted molar refractivity (Wildman–Crippen MR) is 122 cm³/mol. The maximum Gasteiger partial charge on any atom is 0.246 e. The van der Waals surface area contributed by atoms with Crippen LogP contribution in [0.15, 0.2) is 37.3 Å². The first-order valence-electron chi connectivity index (χ1n) is 10.2. The monoisotopic (exact) mass is 467 g/mol. The zero-order valence-electron chi connectivity index (χ0n) is 17.7. The van der Waals surface area contributed by atoms with Crippen molar-refractivity contribution in [2.24, 2.45) is 0 Å². The van der Waals surface area contributed by atoms with Crippen molar-refractivity contribution in [3.63, 3.8) is 0 Å². The lowest BCUT2D eigenvalue weighted by molar-refractivity contribution is -0.126. The van der Waals surface area contributed by atoms with Crippen LogP contribution < -0.4 is 9.64 Å². The highest BCUT2D eigenvalue weighted by Crippen LogP contribution is 2.40. The molecule has 4 heterocycles. The Bertz CT molecular complexity index is 1400. The van der Waals surface area contributed by atoms with Crippen LogP contribution in [-0.4, -0.2) is 62.1 Å². The Kier molecular flexibility index (Phi) is 5.29. The van der Waals surface area contributed by atoms with E-state index in [9.17, 15) is 9.18 Å². The molecule has 0 unspecified atom stereocenters. The van der Waals surface area contributed by atoms with Gasteiger partial charge >= 0.3 is 0 Å². The molecule has 1 aliphatic rings. The highest BCUT2D eigenvalue weighted by Gasteiger charge is 2.24. The van der Waals surface area contributed by atoms with E-state index in [0.717, 1.165) is 5.39 Å². The lowest BCUT2D eigenvalue weighted by Gasteiger charge is -2.35. The van der Waals surface area contributed by atoms with E-state index in [1.54, 1.807) is 4.90 Å². The third-order valence-electron chi connectivity index (χ3n) is 5.55. The van der Waals surface area contributed by atoms with E-state index >= 15 is 0 Å². The topological polar surface area (TPSA) is 100 Å². The van der Waals surface area contributed by atoms with Crippen LogP contribution >= 0.6 is 11.6 Å². The number of nitrogens with one attached hydrogen (secondary N) is 1. The van der Waals surface area contributed by atoms with Gasteiger partial charge in [-0.1, -0.05) is 18.2 Å². The van der Waals surface area contributed by atoms with Gasteiger partial charge in [-0.05, 0) is 19.1 Å². The third-order valence-corrected chi connectivity index (χ3v) is 5.91. The van der Waals surface area contributed by atoms with Crippen LogP contribution in [0.2, 0.25) is 5.02 Å². The number of amides is 1. The molecule has 1 aliphatic heterocycles. The Morgan fingerprint density at radius 2 is 2.03 bits per heavy atom. The van der Waals surface area contributed by atoms with Crippen molar-refractivity contribution in [2.75, 3.05) is 31.1 Å². The predicted octanol–water partition coefficient (Wildman–Crippen LogP) is 3.63. The summed E-state index contributed by atoms with van der Waals surface area (Å²) in [5.41, 5.74) is 1.59. The Labute approximate surface area is 192 Å². The maximum atomic E-state index is 14.4. The molecule has 1 saturated heterocycles. The number of carbonyl (C=O) groups is 1. The molecule has 4 aromatic rings. The number of carbonyl (C=O) groups excluding carboxylic acids is 1. The van der Waals surface area contributed by atoms with Crippen molar-refractivity contribution in [3.8, 4) is 11.6 Å². The summed E-state index contributed by atoms with van der Waals surface area (Å²) < 4.78 is 20.4. The van der Waals surface area contributed by atoms with Gasteiger partial charge in [0.1, 0.15) is 28.5 Å². The molecule has 5 rings (SSSR count). The van der Waals surface area contributed by atoms with E-state index in [0.29, 0.717) is 54.1 Å². The fourth-order valence-corrected chi connectivity index (χ4v) is 4.13. The molecule has 0 radical (unpaired) electrons. The number of benzene rings is 1. The summed E-state index contributed by atoms with van der Waals surface area (Å²) in [6.45, 7) is 7.70. The average molecular weight is 468 g/mol. The maximum absolute atomic E-state index is 14.4. The smallest absolute Gasteiger partial charge is 0.246 e. The van der Waals surface area contributed by atoms with Gasteiger partial charge in [0.05, 0.1) is 22.5 Å². The number of aromatic nitrogens is 5. The Balaban J connectivity index is 1.55. The molecule has 3 aromatic heterocycles. The van der Waals surface area contributed by atoms with Crippen molar-refractivity contribution in [2.45, 2.75) is 6.92 Å². The third kappa shape index (κ3) is 3.72. The first-order valence-corrected chi connectivity index (χ1v) is 10.6. The van der Waals surface area contributed by atoms with Crippen molar-refractivity contribution < 1.29 is 13.9 Å². The number of anilines is 1. The first-order chi connectivity index (χ1) is 16.0. The van der Waals surface area contributed by atoms with Gasteiger partial charge in [-0.2, -0.15) is 5.10 Å². The normalized spacial score (nSPS) is 14.2. The lowest BCUT2D eigenvalue weighted by atomic mass is 10.2. The molecule has 0 aliphatic carbocycles. The molecular formula is C22H19ClFN7O2. The van der Waals surface area contributed by atoms with Gasteiger partial charge < -0.3 is 14.5 Å². The molecule has 11 heteroatoms. The Hall–Kier alpha value is -3.79. The fraction of sp³-hybridized carbons (Fsp3) is 0.227. The van der Waals surface area contributed by atoms with E-state index in [2.05, 4.69) is 36.6 Å². The zero-order valence-corrected chi connectivity index (χ0v) is 18.4. The van der Waals surface area contributed by atoms with Crippen LogP contribution in [0.5, 0.6) is 11.6 Å². The highest BCUT2D eigenvalue weighted by atomic mass is 35.5. The Morgan fingerprint density at radius 1 is 1.24 bits per heavy atom. The minimum Gasteiger partial charge on any atom is -0.434 e. The van der Waals surface area contributed by atoms with Crippen LogP contribution in [0.25, 0.3) is 21.8 Å². The summed E-state index contributed by atoms with van der Waals surface area (Å²) in [6, 6.07) is 3.13. The minimum absolute atomic E-state index is 0.0875. The SMILES string of the molecule is C=CC(=O)N1CCN(c2ncnc3c(Oc4c(Cl)c(F)cc5[nH]ncc45)nc(C)cc23)CC1. The summed E-state index contributed by atoms with van der Waals surface area (Å²) in [7, 11) is 0. The van der Waals surface area contributed by atoms with Gasteiger partial charge in [0.15, 0.2) is 5.75 Å². The molecule has 0 bridgehead atoms. The lowest BCUT2D eigenvalue weighted by Crippen LogP contribution is -2.48. The second kappa shape index (κ2) is 8.28. The van der Waals surface area contributed by atoms with Crippen LogP contribution in [0.3, 0.4) is 0 Å². The van der Waals surface area contributed by atoms with Crippen molar-refractivity contribution >= 4 is 45.1 Å². The zero-order chi connectivity index (χ0) is 23.1. The summed E-state index contributed by atoms with van der Waals surface area (Å²) in [6.07, 6.45) is 4.27. The number of H-pyrrole nitrogens is 1. The van der Waals surface area contributed by atoms with E-state index in [1.807, 2.05) is 13.0 Å². The molecule has 168 valence electrons. The largest absolute Gasteiger partial charge is 0.434 e. The van der Waals surface area contributed by atoms with E-state index in [4.69, 9.17) is 16.3 Å². The number of fused-ring (bicyclic) bond motifs is 2. The molecule has 0 spiro atoms. The summed E-state index contributed by atoms with van der Waals surface area (Å²) >= 11 is 6.22. The molecule has 1 amide bonds. The number of nitrogens with zero attached hydrogens (tertiary/aromatic N) is 6. The van der Waals surface area contributed by atoms with Crippen LogP contribution in [-0.2, 0) is 4.79 Å². The minimum atomic E-state index is -0.636. The van der Waals surface area contributed by atoms with E-state index in [-0.39, 0.29) is 22.6 Å². The average Bonchev–Trinajstić information content (AvgIpc) is 3.29. The molecule has 1 aromatic carbocycles. The second-order valence-electron chi connectivity index (χ2n) is 7.61. The van der Waals surface area contributed by atoms with Gasteiger partial charge in [0.2, 0.25) is 11.8 Å². The summed E-state index contributed by atoms with van der Waals surface area (Å²) in [4.78, 5) is 29.1. The van der Waals surface area contributed by atoms with Crippen molar-refractivity contribution in [3.05, 3.63) is 53.8 Å². The van der Waals surface area contributed by atoms with Gasteiger partial charge in [-0.25, -0.2) is 19.3 Å². The quantitative estimate of drug-likeness (QED) is 0.457. The number of hydrogen-bond donors (Lipinski definition) is 1. The van der Waals surface area contributed by atoms with E-state index < -0.39 is 5.82 Å². The molecule has 0 atom stereocenters. The number of rotatable bonds is 4. The molecule has 0 saturated carbocycles. The standard InChI is InChI=1S/C22H19ClFN7O2/c1-3-17(32)30-4-6-31(7-5-30)21-13-8-12(2)28-22(19(13)25-11-26-21)33-20-14-10-27-29-16(14)9-15(24)18(20)23/h3,8-11H,1,4-7H2,2H3,(H,27,29). The van der Waals surface area contributed by atoms with Gasteiger partial charge in [0, 0.05) is 37.9 Å². The number of halogens is 2. The van der Waals surface area contributed by atoms with Gasteiger partial charge in [-0.15, -0.1) is 0 Å².